The second kappa shape index (κ2) is 3.34. The summed E-state index contributed by atoms with van der Waals surface area (Å²) in [4.78, 5) is 11.0. The number of carbonyl (C=O) groups excluding carboxylic acids is 1. The molecule has 80 valence electrons. The normalized spacial score (nSPS) is 13.1. The SMILES string of the molecule is CC(=O)Oc1ccc2c3c(cccc13)CC2. The van der Waals surface area contributed by atoms with Gasteiger partial charge in [0.1, 0.15) is 5.75 Å². The first-order chi connectivity index (χ1) is 7.75. The van der Waals surface area contributed by atoms with Crippen LogP contribution in [0.5, 0.6) is 5.75 Å². The number of rotatable bonds is 1. The molecule has 0 heterocycles. The lowest BCUT2D eigenvalue weighted by atomic mass is 10.0. The van der Waals surface area contributed by atoms with Gasteiger partial charge in [-0.05, 0) is 35.4 Å². The summed E-state index contributed by atoms with van der Waals surface area (Å²) in [5.41, 5.74) is 2.73. The van der Waals surface area contributed by atoms with E-state index in [2.05, 4.69) is 12.1 Å². The molecule has 0 saturated carbocycles. The molecule has 3 rings (SSSR count). The number of hydrogen-bond acceptors (Lipinski definition) is 2. The van der Waals surface area contributed by atoms with Gasteiger partial charge in [-0.2, -0.15) is 0 Å². The van der Waals surface area contributed by atoms with Crippen molar-refractivity contribution in [2.75, 3.05) is 0 Å². The Kier molecular flexibility index (Phi) is 1.96. The van der Waals surface area contributed by atoms with Gasteiger partial charge in [-0.3, -0.25) is 4.79 Å². The van der Waals surface area contributed by atoms with Crippen LogP contribution in [-0.4, -0.2) is 5.97 Å². The Balaban J connectivity index is 2.29. The van der Waals surface area contributed by atoms with Gasteiger partial charge < -0.3 is 4.74 Å². The smallest absolute Gasteiger partial charge is 0.308 e. The average Bonchev–Trinajstić information content (AvgIpc) is 2.67. The number of benzene rings is 2. The molecule has 0 N–H and O–H groups in total. The van der Waals surface area contributed by atoms with E-state index >= 15 is 0 Å². The molecule has 2 heteroatoms. The van der Waals surface area contributed by atoms with Crippen molar-refractivity contribution in [2.24, 2.45) is 0 Å². The molecule has 0 spiro atoms. The number of ether oxygens (including phenoxy) is 1. The first kappa shape index (κ1) is 9.40. The highest BCUT2D eigenvalue weighted by Gasteiger charge is 2.16. The molecule has 16 heavy (non-hydrogen) atoms. The Morgan fingerprint density at radius 3 is 2.62 bits per heavy atom. The largest absolute Gasteiger partial charge is 0.426 e. The third kappa shape index (κ3) is 1.30. The van der Waals surface area contributed by atoms with E-state index in [4.69, 9.17) is 4.74 Å². The van der Waals surface area contributed by atoms with Crippen LogP contribution in [0.3, 0.4) is 0 Å². The maximum absolute atomic E-state index is 11.0. The minimum atomic E-state index is -0.265. The summed E-state index contributed by atoms with van der Waals surface area (Å²) in [5.74, 6) is 0.411. The van der Waals surface area contributed by atoms with E-state index in [1.807, 2.05) is 18.2 Å². The third-order valence-electron chi connectivity index (χ3n) is 3.09. The average molecular weight is 212 g/mol. The Hall–Kier alpha value is -1.83. The van der Waals surface area contributed by atoms with Crippen LogP contribution in [0.15, 0.2) is 30.3 Å². The van der Waals surface area contributed by atoms with Gasteiger partial charge in [0.05, 0.1) is 0 Å². The molecule has 0 amide bonds. The van der Waals surface area contributed by atoms with Crippen molar-refractivity contribution in [1.82, 2.24) is 0 Å². The molecular weight excluding hydrogens is 200 g/mol. The lowest BCUT2D eigenvalue weighted by Crippen LogP contribution is -2.01. The van der Waals surface area contributed by atoms with Gasteiger partial charge >= 0.3 is 5.97 Å². The second-order valence-corrected chi connectivity index (χ2v) is 4.16. The van der Waals surface area contributed by atoms with Crippen LogP contribution in [0.25, 0.3) is 10.8 Å². The Morgan fingerprint density at radius 2 is 1.88 bits per heavy atom. The molecule has 0 bridgehead atoms. The third-order valence-corrected chi connectivity index (χ3v) is 3.09. The van der Waals surface area contributed by atoms with E-state index in [0.717, 1.165) is 18.2 Å². The monoisotopic (exact) mass is 212 g/mol. The zero-order valence-electron chi connectivity index (χ0n) is 9.12. The molecule has 0 fully saturated rings. The molecule has 0 aliphatic heterocycles. The lowest BCUT2D eigenvalue weighted by Gasteiger charge is -2.07. The molecule has 2 aromatic carbocycles. The van der Waals surface area contributed by atoms with Gasteiger partial charge in [0.25, 0.3) is 0 Å². The van der Waals surface area contributed by atoms with Gasteiger partial charge in [0, 0.05) is 12.3 Å². The summed E-state index contributed by atoms with van der Waals surface area (Å²) >= 11 is 0. The topological polar surface area (TPSA) is 26.3 Å². The number of carbonyl (C=O) groups is 1. The van der Waals surface area contributed by atoms with Crippen LogP contribution in [-0.2, 0) is 17.6 Å². The molecule has 2 nitrogen and oxygen atoms in total. The molecule has 0 saturated heterocycles. The zero-order valence-corrected chi connectivity index (χ0v) is 9.12. The predicted molar refractivity (Wildman–Crippen MR) is 62.7 cm³/mol. The molecular formula is C14H12O2. The summed E-state index contributed by atoms with van der Waals surface area (Å²) in [6.45, 7) is 1.43. The molecule has 0 radical (unpaired) electrons. The number of hydrogen-bond donors (Lipinski definition) is 0. The maximum Gasteiger partial charge on any atom is 0.308 e. The van der Waals surface area contributed by atoms with Crippen molar-refractivity contribution in [3.8, 4) is 5.75 Å². The highest BCUT2D eigenvalue weighted by molar-refractivity contribution is 5.96. The predicted octanol–water partition coefficient (Wildman–Crippen LogP) is 2.86. The van der Waals surface area contributed by atoms with E-state index in [1.54, 1.807) is 0 Å². The summed E-state index contributed by atoms with van der Waals surface area (Å²) < 4.78 is 5.23. The van der Waals surface area contributed by atoms with Crippen LogP contribution in [0.2, 0.25) is 0 Å². The van der Waals surface area contributed by atoms with Crippen LogP contribution in [0.1, 0.15) is 18.1 Å². The minimum Gasteiger partial charge on any atom is -0.426 e. The number of esters is 1. The fraction of sp³-hybridized carbons (Fsp3) is 0.214. The van der Waals surface area contributed by atoms with Crippen molar-refractivity contribution < 1.29 is 9.53 Å². The van der Waals surface area contributed by atoms with Crippen molar-refractivity contribution in [2.45, 2.75) is 19.8 Å². The second-order valence-electron chi connectivity index (χ2n) is 4.16. The first-order valence-electron chi connectivity index (χ1n) is 5.47. The standard InChI is InChI=1S/C14H12O2/c1-9(15)16-13-8-7-11-6-5-10-3-2-4-12(13)14(10)11/h2-4,7-8H,5-6H2,1H3. The fourth-order valence-electron chi connectivity index (χ4n) is 2.46. The van der Waals surface area contributed by atoms with Gasteiger partial charge in [-0.25, -0.2) is 0 Å². The summed E-state index contributed by atoms with van der Waals surface area (Å²) in [7, 11) is 0. The fourth-order valence-corrected chi connectivity index (χ4v) is 2.46. The van der Waals surface area contributed by atoms with Crippen molar-refractivity contribution in [1.29, 1.82) is 0 Å². The molecule has 0 unspecified atom stereocenters. The quantitative estimate of drug-likeness (QED) is 0.536. The molecule has 1 aliphatic carbocycles. The van der Waals surface area contributed by atoms with Crippen LogP contribution < -0.4 is 4.74 Å². The van der Waals surface area contributed by atoms with Crippen LogP contribution in [0, 0.1) is 0 Å². The van der Waals surface area contributed by atoms with Crippen molar-refractivity contribution >= 4 is 16.7 Å². The lowest BCUT2D eigenvalue weighted by molar-refractivity contribution is -0.131. The Labute approximate surface area is 93.8 Å². The van der Waals surface area contributed by atoms with E-state index in [-0.39, 0.29) is 5.97 Å². The van der Waals surface area contributed by atoms with Crippen molar-refractivity contribution in [3.05, 3.63) is 41.5 Å². The summed E-state index contributed by atoms with van der Waals surface area (Å²) in [6, 6.07) is 10.2. The van der Waals surface area contributed by atoms with Gasteiger partial charge in [0.2, 0.25) is 0 Å². The maximum atomic E-state index is 11.0. The van der Waals surface area contributed by atoms with E-state index in [1.165, 1.54) is 23.4 Å². The van der Waals surface area contributed by atoms with Crippen LogP contribution in [0.4, 0.5) is 0 Å². The molecule has 0 atom stereocenters. The minimum absolute atomic E-state index is 0.265. The highest BCUT2D eigenvalue weighted by atomic mass is 16.5. The molecule has 0 aromatic heterocycles. The summed E-state index contributed by atoms with van der Waals surface area (Å²) in [5, 5.41) is 2.34. The molecule has 1 aliphatic rings. The summed E-state index contributed by atoms with van der Waals surface area (Å²) in [6.07, 6.45) is 2.19. The Bertz CT molecular complexity index is 574. The van der Waals surface area contributed by atoms with Gasteiger partial charge in [-0.15, -0.1) is 0 Å². The van der Waals surface area contributed by atoms with E-state index in [9.17, 15) is 4.79 Å². The van der Waals surface area contributed by atoms with Gasteiger partial charge in [0.15, 0.2) is 0 Å². The Morgan fingerprint density at radius 1 is 1.12 bits per heavy atom. The van der Waals surface area contributed by atoms with E-state index in [0.29, 0.717) is 5.75 Å². The number of aryl methyl sites for hydroxylation is 2. The first-order valence-corrected chi connectivity index (χ1v) is 5.47. The zero-order chi connectivity index (χ0) is 11.1. The van der Waals surface area contributed by atoms with Crippen molar-refractivity contribution in [3.63, 3.8) is 0 Å². The highest BCUT2D eigenvalue weighted by Crippen LogP contribution is 2.36. The molecule has 2 aromatic rings. The van der Waals surface area contributed by atoms with Gasteiger partial charge in [-0.1, -0.05) is 24.3 Å². The van der Waals surface area contributed by atoms with Crippen LogP contribution >= 0.6 is 0 Å². The van der Waals surface area contributed by atoms with E-state index < -0.39 is 0 Å².